The van der Waals surface area contributed by atoms with E-state index in [-0.39, 0.29) is 12.2 Å². The lowest BCUT2D eigenvalue weighted by molar-refractivity contribution is 0.0992. The number of ketones is 1. The summed E-state index contributed by atoms with van der Waals surface area (Å²) in [6, 6.07) is 7.56. The molecular weight excluding hydrogens is 428 g/mol. The second kappa shape index (κ2) is 9.48. The summed E-state index contributed by atoms with van der Waals surface area (Å²) in [6.45, 7) is 3.79. The Morgan fingerprint density at radius 1 is 0.941 bits per heavy atom. The second-order valence-corrected chi connectivity index (χ2v) is 8.42. The van der Waals surface area contributed by atoms with Crippen LogP contribution in [0, 0.1) is 0 Å². The maximum atomic E-state index is 13.1. The molecule has 34 heavy (non-hydrogen) atoms. The largest absolute Gasteiger partial charge is 0.372 e. The van der Waals surface area contributed by atoms with Crippen molar-refractivity contribution < 1.29 is 4.79 Å². The molecule has 172 valence electrons. The first-order valence-corrected chi connectivity index (χ1v) is 11.3. The van der Waals surface area contributed by atoms with Crippen LogP contribution in [0.25, 0.3) is 22.2 Å². The van der Waals surface area contributed by atoms with Crippen LogP contribution in [-0.4, -0.2) is 75.9 Å². The van der Waals surface area contributed by atoms with Crippen LogP contribution in [0.4, 0.5) is 11.6 Å². The number of rotatable bonds is 6. The molecular formula is C25H26N8O. The highest BCUT2D eigenvalue weighted by Crippen LogP contribution is 2.22. The zero-order chi connectivity index (χ0) is 23.5. The van der Waals surface area contributed by atoms with E-state index in [0.717, 1.165) is 42.8 Å². The third-order valence-electron chi connectivity index (χ3n) is 6.05. The summed E-state index contributed by atoms with van der Waals surface area (Å²) in [5, 5.41) is 4.84. The maximum absolute atomic E-state index is 13.1. The Morgan fingerprint density at radius 2 is 1.76 bits per heavy atom. The molecule has 0 spiro atoms. The fraction of sp³-hybridized carbons (Fsp3) is 0.280. The number of carbonyl (C=O) groups excluding carboxylic acids is 1. The lowest BCUT2D eigenvalue weighted by Gasteiger charge is -2.33. The number of pyridine rings is 3. The van der Waals surface area contributed by atoms with Crippen molar-refractivity contribution in [1.29, 1.82) is 0 Å². The van der Waals surface area contributed by atoms with Crippen molar-refractivity contribution in [3.63, 3.8) is 0 Å². The molecule has 1 aliphatic heterocycles. The lowest BCUT2D eigenvalue weighted by Crippen LogP contribution is -2.44. The van der Waals surface area contributed by atoms with Crippen molar-refractivity contribution in [2.75, 3.05) is 50.5 Å². The third kappa shape index (κ3) is 4.69. The summed E-state index contributed by atoms with van der Waals surface area (Å²) in [7, 11) is 3.92. The minimum absolute atomic E-state index is 0.0199. The average molecular weight is 455 g/mol. The first kappa shape index (κ1) is 21.8. The highest BCUT2D eigenvalue weighted by Gasteiger charge is 2.17. The maximum Gasteiger partial charge on any atom is 0.169 e. The van der Waals surface area contributed by atoms with Crippen LogP contribution in [0.3, 0.4) is 0 Å². The standard InChI is InChI=1S/C25H26N8O/c1-26-24-16-27-15-22(31-24)21-10-18-9-20(29-13-19(18)14-30-21)12-23(34)17-3-4-28-25(11-17)33-7-5-32(2)6-8-33/h3-4,9-11,13-16H,5-8,12H2,1-2H3,(H,26,31). The number of piperazine rings is 1. The van der Waals surface area contributed by atoms with Gasteiger partial charge in [-0.3, -0.25) is 19.7 Å². The van der Waals surface area contributed by atoms with Crippen LogP contribution in [-0.2, 0) is 6.42 Å². The fourth-order valence-corrected chi connectivity index (χ4v) is 4.00. The van der Waals surface area contributed by atoms with E-state index in [9.17, 15) is 4.79 Å². The van der Waals surface area contributed by atoms with Gasteiger partial charge < -0.3 is 15.1 Å². The summed E-state index contributed by atoms with van der Waals surface area (Å²) in [4.78, 5) is 39.8. The van der Waals surface area contributed by atoms with Gasteiger partial charge in [0.15, 0.2) is 5.78 Å². The number of carbonyl (C=O) groups is 1. The van der Waals surface area contributed by atoms with Gasteiger partial charge in [0.25, 0.3) is 0 Å². The van der Waals surface area contributed by atoms with Gasteiger partial charge in [0.2, 0.25) is 0 Å². The summed E-state index contributed by atoms with van der Waals surface area (Å²) < 4.78 is 0. The van der Waals surface area contributed by atoms with E-state index >= 15 is 0 Å². The molecule has 1 fully saturated rings. The molecule has 0 amide bonds. The fourth-order valence-electron chi connectivity index (χ4n) is 4.00. The van der Waals surface area contributed by atoms with Gasteiger partial charge in [-0.05, 0) is 36.7 Å². The highest BCUT2D eigenvalue weighted by atomic mass is 16.1. The van der Waals surface area contributed by atoms with Crippen LogP contribution in [0.5, 0.6) is 0 Å². The van der Waals surface area contributed by atoms with Gasteiger partial charge >= 0.3 is 0 Å². The Hall–Kier alpha value is -3.98. The van der Waals surface area contributed by atoms with E-state index in [1.54, 1.807) is 44.1 Å². The van der Waals surface area contributed by atoms with Crippen molar-refractivity contribution in [2.45, 2.75) is 6.42 Å². The van der Waals surface area contributed by atoms with E-state index in [2.05, 4.69) is 47.1 Å². The van der Waals surface area contributed by atoms with E-state index in [1.807, 2.05) is 18.2 Å². The number of fused-ring (bicyclic) bond motifs is 1. The van der Waals surface area contributed by atoms with Crippen molar-refractivity contribution in [2.24, 2.45) is 0 Å². The van der Waals surface area contributed by atoms with Crippen molar-refractivity contribution >= 4 is 28.2 Å². The molecule has 1 N–H and O–H groups in total. The number of nitrogens with zero attached hydrogens (tertiary/aromatic N) is 7. The molecule has 5 rings (SSSR count). The Labute approximate surface area is 197 Å². The zero-order valence-corrected chi connectivity index (χ0v) is 19.3. The topological polar surface area (TPSA) is 100 Å². The molecule has 0 saturated carbocycles. The SMILES string of the molecule is CNc1cncc(-c2cc3cc(CC(=O)c4ccnc(N5CCN(C)CC5)c4)ncc3cn2)n1. The molecule has 1 aliphatic rings. The Bertz CT molecular complexity index is 1330. The zero-order valence-electron chi connectivity index (χ0n) is 19.3. The van der Waals surface area contributed by atoms with Gasteiger partial charge in [0.1, 0.15) is 17.3 Å². The lowest BCUT2D eigenvalue weighted by atomic mass is 10.1. The Morgan fingerprint density at radius 3 is 2.59 bits per heavy atom. The van der Waals surface area contributed by atoms with Crippen molar-refractivity contribution in [3.05, 3.63) is 66.5 Å². The minimum Gasteiger partial charge on any atom is -0.372 e. The molecule has 9 nitrogen and oxygen atoms in total. The average Bonchev–Trinajstić information content (AvgIpc) is 2.89. The van der Waals surface area contributed by atoms with Gasteiger partial charge in [0, 0.05) is 68.5 Å². The van der Waals surface area contributed by atoms with Crippen LogP contribution in [0.1, 0.15) is 16.1 Å². The first-order chi connectivity index (χ1) is 16.6. The number of hydrogen-bond donors (Lipinski definition) is 1. The van der Waals surface area contributed by atoms with Crippen molar-refractivity contribution in [1.82, 2.24) is 29.8 Å². The molecule has 4 aromatic heterocycles. The number of hydrogen-bond acceptors (Lipinski definition) is 9. The molecule has 0 aliphatic carbocycles. The van der Waals surface area contributed by atoms with Crippen LogP contribution in [0.15, 0.2) is 55.2 Å². The normalized spacial score (nSPS) is 14.4. The number of nitrogens with one attached hydrogen (secondary N) is 1. The molecule has 0 atom stereocenters. The van der Waals surface area contributed by atoms with Crippen LogP contribution >= 0.6 is 0 Å². The Kier molecular flexibility index (Phi) is 6.09. The van der Waals surface area contributed by atoms with Crippen LogP contribution in [0.2, 0.25) is 0 Å². The molecule has 0 aromatic carbocycles. The van der Waals surface area contributed by atoms with E-state index in [4.69, 9.17) is 0 Å². The number of Topliss-reactive ketones (excluding diaryl/α,β-unsaturated/α-hetero) is 1. The molecule has 4 aromatic rings. The monoisotopic (exact) mass is 454 g/mol. The Balaban J connectivity index is 1.36. The smallest absolute Gasteiger partial charge is 0.169 e. The minimum atomic E-state index is 0.0199. The van der Waals surface area contributed by atoms with Crippen LogP contribution < -0.4 is 10.2 Å². The van der Waals surface area contributed by atoms with Gasteiger partial charge in [-0.1, -0.05) is 0 Å². The summed E-state index contributed by atoms with van der Waals surface area (Å²) in [6.07, 6.45) is 8.80. The number of likely N-dealkylation sites (N-methyl/N-ethyl adjacent to an activating group) is 1. The van der Waals surface area contributed by atoms with Gasteiger partial charge in [-0.15, -0.1) is 0 Å². The highest BCUT2D eigenvalue weighted by molar-refractivity contribution is 5.98. The van der Waals surface area contributed by atoms with Gasteiger partial charge in [-0.25, -0.2) is 9.97 Å². The number of anilines is 2. The first-order valence-electron chi connectivity index (χ1n) is 11.3. The van der Waals surface area contributed by atoms with E-state index < -0.39 is 0 Å². The molecule has 0 radical (unpaired) electrons. The predicted octanol–water partition coefficient (Wildman–Crippen LogP) is 2.70. The van der Waals surface area contributed by atoms with Gasteiger partial charge in [-0.2, -0.15) is 0 Å². The van der Waals surface area contributed by atoms with E-state index in [0.29, 0.717) is 28.5 Å². The predicted molar refractivity (Wildman–Crippen MR) is 132 cm³/mol. The molecule has 1 saturated heterocycles. The van der Waals surface area contributed by atoms with Gasteiger partial charge in [0.05, 0.1) is 24.5 Å². The summed E-state index contributed by atoms with van der Waals surface area (Å²) >= 11 is 0. The quantitative estimate of drug-likeness (QED) is 0.441. The van der Waals surface area contributed by atoms with E-state index in [1.165, 1.54) is 0 Å². The summed E-state index contributed by atoms with van der Waals surface area (Å²) in [5.41, 5.74) is 2.76. The third-order valence-corrected chi connectivity index (χ3v) is 6.05. The number of aromatic nitrogens is 5. The molecule has 0 bridgehead atoms. The molecule has 0 unspecified atom stereocenters. The summed E-state index contributed by atoms with van der Waals surface area (Å²) in [5.74, 6) is 1.55. The van der Waals surface area contributed by atoms with Crippen molar-refractivity contribution in [3.8, 4) is 11.4 Å². The molecule has 9 heteroatoms. The molecule has 5 heterocycles. The second-order valence-electron chi connectivity index (χ2n) is 8.42.